The molecule has 9 nitrogen and oxygen atoms in total. The standard InChI is InChI=1S/C45H52N2O7S/c46-55(51,52)41-25-15-17-35(31-41)18-16-30-53-29-14-3-1-2-13-28-47-33-43(49)36-26-27-42(48)37(32-36)34-54-44(50)45(38-19-7-4-8-20-38,39-21-9-5-10-22-39)40-23-11-6-12-24-40/h4-12,15,17,19-27,31-32,43,47-49H,1-3,13-14,16,18,28-30,33-34H2,(H2,46,51,52)/t43-/m0/s1. The molecule has 0 aliphatic rings. The molecule has 0 spiro atoms. The van der Waals surface area contributed by atoms with Crippen LogP contribution in [0.2, 0.25) is 0 Å². The minimum atomic E-state index is -3.69. The number of nitrogens with one attached hydrogen (secondary N) is 1. The molecular weight excluding hydrogens is 713 g/mol. The van der Waals surface area contributed by atoms with Gasteiger partial charge in [0.2, 0.25) is 10.0 Å². The quantitative estimate of drug-likeness (QED) is 0.0325. The summed E-state index contributed by atoms with van der Waals surface area (Å²) < 4.78 is 34.9. The first-order valence-corrected chi connectivity index (χ1v) is 20.5. The number of carbonyl (C=O) groups excluding carboxylic acids is 1. The number of aryl methyl sites for hydroxylation is 1. The van der Waals surface area contributed by atoms with Gasteiger partial charge in [0.15, 0.2) is 0 Å². The van der Waals surface area contributed by atoms with E-state index in [0.29, 0.717) is 30.9 Å². The van der Waals surface area contributed by atoms with Crippen molar-refractivity contribution in [2.75, 3.05) is 26.3 Å². The average molecular weight is 765 g/mol. The number of primary sulfonamides is 1. The Morgan fingerprint density at radius 1 is 0.709 bits per heavy atom. The van der Waals surface area contributed by atoms with Crippen LogP contribution in [0.1, 0.15) is 78.0 Å². The van der Waals surface area contributed by atoms with Crippen molar-refractivity contribution < 1.29 is 32.9 Å². The number of esters is 1. The number of aliphatic hydroxyl groups is 1. The van der Waals surface area contributed by atoms with E-state index in [4.69, 9.17) is 14.6 Å². The number of aromatic hydroxyl groups is 1. The molecule has 0 radical (unpaired) electrons. The zero-order chi connectivity index (χ0) is 38.9. The van der Waals surface area contributed by atoms with Gasteiger partial charge in [-0.1, -0.05) is 128 Å². The van der Waals surface area contributed by atoms with E-state index < -0.39 is 27.5 Å². The number of sulfonamides is 1. The highest BCUT2D eigenvalue weighted by Crippen LogP contribution is 2.41. The number of nitrogens with two attached hydrogens (primary N) is 1. The van der Waals surface area contributed by atoms with Crippen molar-refractivity contribution in [1.29, 1.82) is 0 Å². The molecule has 0 fully saturated rings. The van der Waals surface area contributed by atoms with Crippen LogP contribution in [-0.2, 0) is 42.7 Å². The Labute approximate surface area is 325 Å². The van der Waals surface area contributed by atoms with E-state index in [9.17, 15) is 23.4 Å². The zero-order valence-electron chi connectivity index (χ0n) is 31.2. The molecule has 5 rings (SSSR count). The first-order chi connectivity index (χ1) is 26.7. The van der Waals surface area contributed by atoms with Crippen LogP contribution in [0.3, 0.4) is 0 Å². The third-order valence-corrected chi connectivity index (χ3v) is 10.6. The summed E-state index contributed by atoms with van der Waals surface area (Å²) in [5, 5.41) is 30.2. The van der Waals surface area contributed by atoms with Crippen molar-refractivity contribution in [3.63, 3.8) is 0 Å². The van der Waals surface area contributed by atoms with Gasteiger partial charge in [-0.15, -0.1) is 0 Å². The van der Waals surface area contributed by atoms with Crippen molar-refractivity contribution in [3.05, 3.63) is 167 Å². The third-order valence-electron chi connectivity index (χ3n) is 9.73. The number of hydrogen-bond donors (Lipinski definition) is 4. The number of aliphatic hydroxyl groups excluding tert-OH is 1. The van der Waals surface area contributed by atoms with Crippen LogP contribution in [0.15, 0.2) is 138 Å². The fourth-order valence-electron chi connectivity index (χ4n) is 6.80. The molecule has 0 unspecified atom stereocenters. The summed E-state index contributed by atoms with van der Waals surface area (Å²) in [6, 6.07) is 40.3. The first kappa shape index (κ1) is 41.3. The topological polar surface area (TPSA) is 148 Å². The molecule has 0 heterocycles. The van der Waals surface area contributed by atoms with Crippen LogP contribution < -0.4 is 10.5 Å². The van der Waals surface area contributed by atoms with Gasteiger partial charge in [-0.05, 0) is 84.3 Å². The molecule has 55 heavy (non-hydrogen) atoms. The van der Waals surface area contributed by atoms with Crippen molar-refractivity contribution >= 4 is 16.0 Å². The zero-order valence-corrected chi connectivity index (χ0v) is 32.0. The van der Waals surface area contributed by atoms with Gasteiger partial charge in [-0.25, -0.2) is 13.6 Å². The Morgan fingerprint density at radius 3 is 1.91 bits per heavy atom. The number of unbranched alkanes of at least 4 members (excludes halogenated alkanes) is 4. The second kappa shape index (κ2) is 20.7. The Bertz CT molecular complexity index is 1930. The summed E-state index contributed by atoms with van der Waals surface area (Å²) in [7, 11) is -3.69. The van der Waals surface area contributed by atoms with Crippen LogP contribution in [0.4, 0.5) is 0 Å². The molecule has 0 aliphatic heterocycles. The van der Waals surface area contributed by atoms with Crippen LogP contribution in [0, 0.1) is 0 Å². The number of phenols is 1. The lowest BCUT2D eigenvalue weighted by atomic mass is 9.69. The highest BCUT2D eigenvalue weighted by atomic mass is 32.2. The smallest absolute Gasteiger partial charge is 0.325 e. The fraction of sp³-hybridized carbons (Fsp3) is 0.311. The van der Waals surface area contributed by atoms with Crippen molar-refractivity contribution in [3.8, 4) is 5.75 Å². The highest BCUT2D eigenvalue weighted by Gasteiger charge is 2.45. The minimum Gasteiger partial charge on any atom is -0.508 e. The number of benzene rings is 5. The van der Waals surface area contributed by atoms with Crippen molar-refractivity contribution in [2.45, 2.75) is 68.0 Å². The summed E-state index contributed by atoms with van der Waals surface area (Å²) >= 11 is 0. The van der Waals surface area contributed by atoms with Gasteiger partial charge >= 0.3 is 5.97 Å². The molecule has 0 aliphatic carbocycles. The van der Waals surface area contributed by atoms with Crippen molar-refractivity contribution in [2.24, 2.45) is 5.14 Å². The summed E-state index contributed by atoms with van der Waals surface area (Å²) in [4.78, 5) is 14.5. The molecule has 0 aromatic heterocycles. The van der Waals surface area contributed by atoms with E-state index in [-0.39, 0.29) is 17.3 Å². The predicted octanol–water partition coefficient (Wildman–Crippen LogP) is 7.34. The molecule has 5 aromatic carbocycles. The van der Waals surface area contributed by atoms with Crippen molar-refractivity contribution in [1.82, 2.24) is 5.32 Å². The van der Waals surface area contributed by atoms with Gasteiger partial charge in [-0.3, -0.25) is 4.79 Å². The van der Waals surface area contributed by atoms with E-state index in [0.717, 1.165) is 73.7 Å². The SMILES string of the molecule is NS(=O)(=O)c1cccc(CCCOCCCCCCCNC[C@H](O)c2ccc(O)c(COC(=O)C(c3ccccc3)(c3ccccc3)c3ccccc3)c2)c1. The summed E-state index contributed by atoms with van der Waals surface area (Å²) in [6.07, 6.45) is 5.93. The number of ether oxygens (including phenoxy) is 2. The molecular formula is C45H52N2O7S. The maximum atomic E-state index is 14.4. The second-order valence-electron chi connectivity index (χ2n) is 13.7. The maximum absolute atomic E-state index is 14.4. The van der Waals surface area contributed by atoms with Crippen LogP contribution in [0.25, 0.3) is 0 Å². The van der Waals surface area contributed by atoms with Gasteiger partial charge in [0.1, 0.15) is 17.8 Å². The largest absolute Gasteiger partial charge is 0.508 e. The Hall–Kier alpha value is -4.84. The maximum Gasteiger partial charge on any atom is 0.325 e. The second-order valence-corrected chi connectivity index (χ2v) is 15.3. The van der Waals surface area contributed by atoms with Gasteiger partial charge in [0, 0.05) is 25.3 Å². The monoisotopic (exact) mass is 764 g/mol. The van der Waals surface area contributed by atoms with Gasteiger partial charge in [0.05, 0.1) is 11.0 Å². The summed E-state index contributed by atoms with van der Waals surface area (Å²) in [5.74, 6) is -0.487. The summed E-state index contributed by atoms with van der Waals surface area (Å²) in [5.41, 5.74) is 3.01. The number of rotatable bonds is 22. The van der Waals surface area contributed by atoms with Crippen LogP contribution >= 0.6 is 0 Å². The average Bonchev–Trinajstić information content (AvgIpc) is 3.20. The fourth-order valence-corrected chi connectivity index (χ4v) is 7.38. The number of hydrogen-bond acceptors (Lipinski definition) is 8. The lowest BCUT2D eigenvalue weighted by Gasteiger charge is -2.33. The molecule has 10 heteroatoms. The Kier molecular flexibility index (Phi) is 15.6. The first-order valence-electron chi connectivity index (χ1n) is 18.9. The van der Waals surface area contributed by atoms with E-state index in [2.05, 4.69) is 5.32 Å². The molecule has 5 aromatic rings. The lowest BCUT2D eigenvalue weighted by Crippen LogP contribution is -2.40. The highest BCUT2D eigenvalue weighted by molar-refractivity contribution is 7.89. The predicted molar refractivity (Wildman–Crippen MR) is 215 cm³/mol. The molecule has 1 atom stereocenters. The molecule has 290 valence electrons. The Balaban J connectivity index is 1.04. The molecule has 5 N–H and O–H groups in total. The minimum absolute atomic E-state index is 0.0139. The Morgan fingerprint density at radius 2 is 1.29 bits per heavy atom. The lowest BCUT2D eigenvalue weighted by molar-refractivity contribution is -0.148. The number of phenolic OH excluding ortho intramolecular Hbond substituents is 1. The van der Waals surface area contributed by atoms with Crippen LogP contribution in [-0.4, -0.2) is 50.9 Å². The molecule has 0 bridgehead atoms. The van der Waals surface area contributed by atoms with Gasteiger partial charge in [0.25, 0.3) is 0 Å². The molecule has 0 saturated heterocycles. The van der Waals surface area contributed by atoms with Gasteiger partial charge < -0.3 is 25.0 Å². The number of carbonyl (C=O) groups is 1. The molecule has 0 amide bonds. The molecule has 0 saturated carbocycles. The summed E-state index contributed by atoms with van der Waals surface area (Å²) in [6.45, 7) is 2.27. The van der Waals surface area contributed by atoms with E-state index in [1.807, 2.05) is 97.1 Å². The normalized spacial score (nSPS) is 12.3. The van der Waals surface area contributed by atoms with E-state index >= 15 is 0 Å². The van der Waals surface area contributed by atoms with E-state index in [1.54, 1.807) is 24.3 Å². The van der Waals surface area contributed by atoms with E-state index in [1.165, 1.54) is 12.1 Å². The van der Waals surface area contributed by atoms with Crippen LogP contribution in [0.5, 0.6) is 5.75 Å². The van der Waals surface area contributed by atoms with Gasteiger partial charge in [-0.2, -0.15) is 0 Å². The third kappa shape index (κ3) is 11.6.